The highest BCUT2D eigenvalue weighted by molar-refractivity contribution is 5.97. The smallest absolute Gasteiger partial charge is 0.234 e. The lowest BCUT2D eigenvalue weighted by atomic mass is 9.98. The Labute approximate surface area is 148 Å². The van der Waals surface area contributed by atoms with Crippen LogP contribution in [0, 0.1) is 6.92 Å². The number of methoxy groups -OCH3 is 2. The summed E-state index contributed by atoms with van der Waals surface area (Å²) in [5.74, 6) is 0.234. The molecule has 5 nitrogen and oxygen atoms in total. The molecule has 1 N–H and O–H groups in total. The van der Waals surface area contributed by atoms with Crippen LogP contribution in [0.3, 0.4) is 0 Å². The largest absolute Gasteiger partial charge is 0.493 e. The highest BCUT2D eigenvalue weighted by Gasteiger charge is 2.19. The van der Waals surface area contributed by atoms with Gasteiger partial charge in [-0.2, -0.15) is 0 Å². The van der Waals surface area contributed by atoms with Gasteiger partial charge in [-0.25, -0.2) is 0 Å². The molecule has 0 bridgehead atoms. The normalized spacial score (nSPS) is 11.5. The Morgan fingerprint density at radius 3 is 2.36 bits per heavy atom. The molecule has 0 spiro atoms. The summed E-state index contributed by atoms with van der Waals surface area (Å²) >= 11 is 0. The number of carbonyl (C=O) groups excluding carboxylic acids is 2. The van der Waals surface area contributed by atoms with E-state index >= 15 is 0 Å². The van der Waals surface area contributed by atoms with Gasteiger partial charge in [0.2, 0.25) is 5.91 Å². The van der Waals surface area contributed by atoms with Crippen LogP contribution in [0.1, 0.15) is 22.6 Å². The average molecular weight is 341 g/mol. The molecule has 0 saturated carbocycles. The van der Waals surface area contributed by atoms with E-state index in [1.807, 2.05) is 49.4 Å². The van der Waals surface area contributed by atoms with E-state index in [0.29, 0.717) is 36.3 Å². The van der Waals surface area contributed by atoms with Gasteiger partial charge in [-0.05, 0) is 36.6 Å². The molecule has 1 unspecified atom stereocenters. The van der Waals surface area contributed by atoms with E-state index in [1.54, 1.807) is 14.2 Å². The van der Waals surface area contributed by atoms with E-state index in [2.05, 4.69) is 5.32 Å². The van der Waals surface area contributed by atoms with Crippen LogP contribution in [0.2, 0.25) is 0 Å². The Kier molecular flexibility index (Phi) is 6.57. The standard InChI is InChI=1S/C20H23NO4/c1-14-4-7-16(8-5-14)17(13-22)20(23)21-11-10-15-6-9-18(24-2)19(12-15)25-3/h4-9,12-13,17H,10-11H2,1-3H3,(H,21,23). The summed E-state index contributed by atoms with van der Waals surface area (Å²) in [5.41, 5.74) is 2.79. The maximum atomic E-state index is 12.3. The highest BCUT2D eigenvalue weighted by atomic mass is 16.5. The molecule has 2 aromatic carbocycles. The van der Waals surface area contributed by atoms with Crippen molar-refractivity contribution >= 4 is 12.2 Å². The van der Waals surface area contributed by atoms with Crippen LogP contribution < -0.4 is 14.8 Å². The zero-order chi connectivity index (χ0) is 18.2. The van der Waals surface area contributed by atoms with Crippen molar-refractivity contribution in [2.75, 3.05) is 20.8 Å². The summed E-state index contributed by atoms with van der Waals surface area (Å²) in [6.45, 7) is 2.40. The van der Waals surface area contributed by atoms with Crippen molar-refractivity contribution < 1.29 is 19.1 Å². The topological polar surface area (TPSA) is 64.6 Å². The third-order valence-corrected chi connectivity index (χ3v) is 4.02. The summed E-state index contributed by atoms with van der Waals surface area (Å²) in [6.07, 6.45) is 1.31. The first kappa shape index (κ1) is 18.5. The molecule has 25 heavy (non-hydrogen) atoms. The number of carbonyl (C=O) groups is 2. The van der Waals surface area contributed by atoms with Crippen molar-refractivity contribution in [2.45, 2.75) is 19.3 Å². The van der Waals surface area contributed by atoms with Gasteiger partial charge in [-0.3, -0.25) is 4.79 Å². The lowest BCUT2D eigenvalue weighted by Crippen LogP contribution is -2.31. The molecule has 1 atom stereocenters. The maximum Gasteiger partial charge on any atom is 0.234 e. The van der Waals surface area contributed by atoms with Crippen LogP contribution in [0.4, 0.5) is 0 Å². The number of ether oxygens (including phenoxy) is 2. The number of nitrogens with one attached hydrogen (secondary N) is 1. The summed E-state index contributed by atoms with van der Waals surface area (Å²) in [5, 5.41) is 2.82. The van der Waals surface area contributed by atoms with Gasteiger partial charge in [0.15, 0.2) is 11.5 Å². The summed E-state index contributed by atoms with van der Waals surface area (Å²) < 4.78 is 10.5. The molecule has 0 aliphatic heterocycles. The van der Waals surface area contributed by atoms with Crippen molar-refractivity contribution in [2.24, 2.45) is 0 Å². The second-order valence-corrected chi connectivity index (χ2v) is 5.75. The Balaban J connectivity index is 1.95. The molecular weight excluding hydrogens is 318 g/mol. The molecule has 0 aliphatic rings. The van der Waals surface area contributed by atoms with Crippen LogP contribution in [-0.4, -0.2) is 33.0 Å². The number of aryl methyl sites for hydroxylation is 1. The maximum absolute atomic E-state index is 12.3. The molecule has 0 aromatic heterocycles. The van der Waals surface area contributed by atoms with E-state index in [1.165, 1.54) is 0 Å². The van der Waals surface area contributed by atoms with Crippen molar-refractivity contribution in [3.05, 3.63) is 59.2 Å². The molecule has 0 heterocycles. The average Bonchev–Trinajstić information content (AvgIpc) is 2.63. The fourth-order valence-electron chi connectivity index (χ4n) is 2.54. The number of hydrogen-bond donors (Lipinski definition) is 1. The number of benzene rings is 2. The molecule has 0 fully saturated rings. The summed E-state index contributed by atoms with van der Waals surface area (Å²) in [4.78, 5) is 23.6. The Bertz CT molecular complexity index is 725. The minimum Gasteiger partial charge on any atom is -0.493 e. The lowest BCUT2D eigenvalue weighted by Gasteiger charge is -2.13. The van der Waals surface area contributed by atoms with Crippen molar-refractivity contribution in [3.8, 4) is 11.5 Å². The van der Waals surface area contributed by atoms with E-state index < -0.39 is 5.92 Å². The second-order valence-electron chi connectivity index (χ2n) is 5.75. The van der Waals surface area contributed by atoms with Crippen molar-refractivity contribution in [1.29, 1.82) is 0 Å². The number of rotatable bonds is 8. The number of hydrogen-bond acceptors (Lipinski definition) is 4. The Morgan fingerprint density at radius 1 is 1.08 bits per heavy atom. The van der Waals surface area contributed by atoms with Gasteiger partial charge in [0.05, 0.1) is 14.2 Å². The van der Waals surface area contributed by atoms with Crippen molar-refractivity contribution in [3.63, 3.8) is 0 Å². The minimum absolute atomic E-state index is 0.292. The molecule has 132 valence electrons. The monoisotopic (exact) mass is 341 g/mol. The molecule has 0 saturated heterocycles. The number of amides is 1. The molecule has 2 rings (SSSR count). The van der Waals surface area contributed by atoms with E-state index in [9.17, 15) is 9.59 Å². The minimum atomic E-state index is -0.786. The molecule has 5 heteroatoms. The summed E-state index contributed by atoms with van der Waals surface area (Å²) in [6, 6.07) is 13.0. The van der Waals surface area contributed by atoms with Crippen LogP contribution in [-0.2, 0) is 16.0 Å². The van der Waals surface area contributed by atoms with Gasteiger partial charge in [-0.15, -0.1) is 0 Å². The van der Waals surface area contributed by atoms with Gasteiger partial charge in [0.25, 0.3) is 0 Å². The van der Waals surface area contributed by atoms with Gasteiger partial charge in [0.1, 0.15) is 12.2 Å². The van der Waals surface area contributed by atoms with Crippen LogP contribution in [0.5, 0.6) is 11.5 Å². The van der Waals surface area contributed by atoms with Gasteiger partial charge < -0.3 is 19.6 Å². The lowest BCUT2D eigenvalue weighted by molar-refractivity contribution is -0.125. The third-order valence-electron chi connectivity index (χ3n) is 4.02. The van der Waals surface area contributed by atoms with Crippen LogP contribution >= 0.6 is 0 Å². The third kappa shape index (κ3) is 4.83. The zero-order valence-electron chi connectivity index (χ0n) is 14.7. The predicted octanol–water partition coefficient (Wildman–Crippen LogP) is 2.65. The van der Waals surface area contributed by atoms with E-state index in [0.717, 1.165) is 11.1 Å². The summed E-state index contributed by atoms with van der Waals surface area (Å²) in [7, 11) is 3.17. The zero-order valence-corrected chi connectivity index (χ0v) is 14.7. The fourth-order valence-corrected chi connectivity index (χ4v) is 2.54. The van der Waals surface area contributed by atoms with Gasteiger partial charge >= 0.3 is 0 Å². The highest BCUT2D eigenvalue weighted by Crippen LogP contribution is 2.27. The van der Waals surface area contributed by atoms with Gasteiger partial charge in [-0.1, -0.05) is 35.9 Å². The SMILES string of the molecule is COc1ccc(CCNC(=O)C(C=O)c2ccc(C)cc2)cc1OC. The van der Waals surface area contributed by atoms with E-state index in [4.69, 9.17) is 9.47 Å². The molecular formula is C20H23NO4. The molecule has 1 amide bonds. The van der Waals surface area contributed by atoms with E-state index in [-0.39, 0.29) is 5.91 Å². The quantitative estimate of drug-likeness (QED) is 0.592. The second kappa shape index (κ2) is 8.87. The predicted molar refractivity (Wildman–Crippen MR) is 96.2 cm³/mol. The Hall–Kier alpha value is -2.82. The van der Waals surface area contributed by atoms with Crippen LogP contribution in [0.25, 0.3) is 0 Å². The fraction of sp³-hybridized carbons (Fsp3) is 0.300. The molecule has 0 radical (unpaired) electrons. The Morgan fingerprint density at radius 2 is 1.76 bits per heavy atom. The van der Waals surface area contributed by atoms with Crippen molar-refractivity contribution in [1.82, 2.24) is 5.32 Å². The first-order valence-corrected chi connectivity index (χ1v) is 8.09. The van der Waals surface area contributed by atoms with Gasteiger partial charge in [0, 0.05) is 6.54 Å². The first-order valence-electron chi connectivity index (χ1n) is 8.09. The van der Waals surface area contributed by atoms with Crippen LogP contribution in [0.15, 0.2) is 42.5 Å². The molecule has 0 aliphatic carbocycles. The molecule has 2 aromatic rings. The number of aldehydes is 1. The first-order chi connectivity index (χ1) is 12.1.